The second-order valence-corrected chi connectivity index (χ2v) is 6.19. The molecule has 1 aliphatic heterocycles. The zero-order valence-corrected chi connectivity index (χ0v) is 14.6. The van der Waals surface area contributed by atoms with Crippen LogP contribution in [0.1, 0.15) is 30.5 Å². The second-order valence-electron chi connectivity index (χ2n) is 6.19. The van der Waals surface area contributed by atoms with Crippen molar-refractivity contribution in [2.45, 2.75) is 25.5 Å². The van der Waals surface area contributed by atoms with Gasteiger partial charge in [0.2, 0.25) is 6.10 Å². The van der Waals surface area contributed by atoms with Crippen LogP contribution in [0.25, 0.3) is 0 Å². The summed E-state index contributed by atoms with van der Waals surface area (Å²) < 4.78 is 13.3. The topological polar surface area (TPSA) is 106 Å². The SMILES string of the molecule is C[C@@H](NC(=O)[C@@H]1CC(c2cccc(F)c2)=NO1)c1ccc(NC(N)=O)cc1. The molecule has 0 saturated heterocycles. The van der Waals surface area contributed by atoms with E-state index in [1.807, 2.05) is 6.92 Å². The lowest BCUT2D eigenvalue weighted by atomic mass is 10.0. The molecule has 0 bridgehead atoms. The standard InChI is InChI=1S/C19H19FN4O3/c1-11(12-5-7-15(8-6-12)23-19(21)26)22-18(25)17-10-16(24-27-17)13-3-2-4-14(20)9-13/h2-9,11,17H,10H2,1H3,(H,22,25)(H3,21,23,26)/t11-,17+/m1/s1. The van der Waals surface area contributed by atoms with Gasteiger partial charge in [-0.05, 0) is 36.8 Å². The molecule has 0 aromatic heterocycles. The summed E-state index contributed by atoms with van der Waals surface area (Å²) in [4.78, 5) is 28.5. The van der Waals surface area contributed by atoms with Gasteiger partial charge in [-0.1, -0.05) is 29.4 Å². The molecule has 0 spiro atoms. The minimum Gasteiger partial charge on any atom is -0.382 e. The van der Waals surface area contributed by atoms with Crippen LogP contribution in [-0.2, 0) is 9.63 Å². The van der Waals surface area contributed by atoms with Gasteiger partial charge in [0.1, 0.15) is 5.82 Å². The first kappa shape index (κ1) is 18.4. The van der Waals surface area contributed by atoms with E-state index in [0.29, 0.717) is 17.0 Å². The van der Waals surface area contributed by atoms with Crippen LogP contribution in [0.3, 0.4) is 0 Å². The molecular weight excluding hydrogens is 351 g/mol. The highest BCUT2D eigenvalue weighted by Gasteiger charge is 2.29. The number of oxime groups is 1. The molecule has 1 aliphatic rings. The number of hydrogen-bond donors (Lipinski definition) is 3. The van der Waals surface area contributed by atoms with E-state index in [4.69, 9.17) is 10.6 Å². The van der Waals surface area contributed by atoms with Gasteiger partial charge in [-0.15, -0.1) is 0 Å². The number of amides is 3. The lowest BCUT2D eigenvalue weighted by Crippen LogP contribution is -2.36. The molecule has 0 radical (unpaired) electrons. The maximum atomic E-state index is 13.3. The molecule has 2 aromatic rings. The number of carbonyl (C=O) groups excluding carboxylic acids is 2. The number of nitrogens with one attached hydrogen (secondary N) is 2. The molecule has 3 rings (SSSR count). The van der Waals surface area contributed by atoms with Crippen LogP contribution in [0.2, 0.25) is 0 Å². The largest absolute Gasteiger partial charge is 0.382 e. The maximum Gasteiger partial charge on any atom is 0.316 e. The number of primary amides is 1. The average molecular weight is 370 g/mol. The molecule has 2 aromatic carbocycles. The fourth-order valence-electron chi connectivity index (χ4n) is 2.74. The number of hydrogen-bond acceptors (Lipinski definition) is 4. The van der Waals surface area contributed by atoms with Crippen molar-refractivity contribution in [3.8, 4) is 0 Å². The average Bonchev–Trinajstić information content (AvgIpc) is 3.12. The van der Waals surface area contributed by atoms with Crippen molar-refractivity contribution in [3.63, 3.8) is 0 Å². The van der Waals surface area contributed by atoms with Crippen LogP contribution < -0.4 is 16.4 Å². The summed E-state index contributed by atoms with van der Waals surface area (Å²) in [6.45, 7) is 1.83. The number of urea groups is 1. The summed E-state index contributed by atoms with van der Waals surface area (Å²) in [5.41, 5.74) is 7.61. The van der Waals surface area contributed by atoms with Gasteiger partial charge in [0.15, 0.2) is 0 Å². The Balaban J connectivity index is 1.57. The lowest BCUT2D eigenvalue weighted by molar-refractivity contribution is -0.131. The molecule has 2 atom stereocenters. The number of carbonyl (C=O) groups is 2. The molecule has 8 heteroatoms. The molecule has 3 amide bonds. The van der Waals surface area contributed by atoms with E-state index < -0.39 is 12.1 Å². The van der Waals surface area contributed by atoms with Crippen molar-refractivity contribution >= 4 is 23.3 Å². The van der Waals surface area contributed by atoms with Crippen molar-refractivity contribution in [3.05, 3.63) is 65.5 Å². The number of nitrogens with zero attached hydrogens (tertiary/aromatic N) is 1. The number of benzene rings is 2. The highest BCUT2D eigenvalue weighted by Crippen LogP contribution is 2.20. The minimum absolute atomic E-state index is 0.267. The quantitative estimate of drug-likeness (QED) is 0.753. The highest BCUT2D eigenvalue weighted by molar-refractivity contribution is 6.04. The normalized spacial score (nSPS) is 16.8. The van der Waals surface area contributed by atoms with E-state index in [2.05, 4.69) is 15.8 Å². The smallest absolute Gasteiger partial charge is 0.316 e. The summed E-state index contributed by atoms with van der Waals surface area (Å²) in [6, 6.07) is 12.0. The summed E-state index contributed by atoms with van der Waals surface area (Å²) >= 11 is 0. The van der Waals surface area contributed by atoms with E-state index >= 15 is 0 Å². The van der Waals surface area contributed by atoms with E-state index in [0.717, 1.165) is 5.56 Å². The van der Waals surface area contributed by atoms with Crippen LogP contribution >= 0.6 is 0 Å². The van der Waals surface area contributed by atoms with Gasteiger partial charge in [0.05, 0.1) is 11.8 Å². The number of nitrogens with two attached hydrogens (primary N) is 1. The Morgan fingerprint density at radius 3 is 2.67 bits per heavy atom. The fourth-order valence-corrected chi connectivity index (χ4v) is 2.74. The third kappa shape index (κ3) is 4.60. The van der Waals surface area contributed by atoms with Gasteiger partial charge < -0.3 is 21.2 Å². The van der Waals surface area contributed by atoms with Crippen molar-refractivity contribution in [2.24, 2.45) is 10.9 Å². The van der Waals surface area contributed by atoms with E-state index in [-0.39, 0.29) is 24.2 Å². The zero-order valence-electron chi connectivity index (χ0n) is 14.6. The summed E-state index contributed by atoms with van der Waals surface area (Å²) in [5, 5.41) is 9.23. The van der Waals surface area contributed by atoms with Gasteiger partial charge >= 0.3 is 6.03 Å². The molecule has 1 heterocycles. The molecule has 0 unspecified atom stereocenters. The molecular formula is C19H19FN4O3. The minimum atomic E-state index is -0.762. The summed E-state index contributed by atoms with van der Waals surface area (Å²) in [5.74, 6) is -0.678. The van der Waals surface area contributed by atoms with Gasteiger partial charge in [-0.2, -0.15) is 0 Å². The number of rotatable bonds is 5. The van der Waals surface area contributed by atoms with E-state index in [1.54, 1.807) is 36.4 Å². The Labute approximate surface area is 155 Å². The fraction of sp³-hybridized carbons (Fsp3) is 0.211. The molecule has 0 aliphatic carbocycles. The van der Waals surface area contributed by atoms with Crippen molar-refractivity contribution in [2.75, 3.05) is 5.32 Å². The zero-order chi connectivity index (χ0) is 19.4. The molecule has 7 nitrogen and oxygen atoms in total. The van der Waals surface area contributed by atoms with E-state index in [9.17, 15) is 14.0 Å². The Bertz CT molecular complexity index is 883. The van der Waals surface area contributed by atoms with Crippen LogP contribution in [0.5, 0.6) is 0 Å². The molecule has 0 fully saturated rings. The van der Waals surface area contributed by atoms with Crippen LogP contribution in [0, 0.1) is 5.82 Å². The first-order valence-electron chi connectivity index (χ1n) is 8.38. The van der Waals surface area contributed by atoms with Gasteiger partial charge in [-0.3, -0.25) is 4.79 Å². The van der Waals surface area contributed by atoms with E-state index in [1.165, 1.54) is 12.1 Å². The van der Waals surface area contributed by atoms with Crippen LogP contribution in [0.15, 0.2) is 53.7 Å². The summed E-state index contributed by atoms with van der Waals surface area (Å²) in [6.07, 6.45) is -0.495. The third-order valence-electron chi connectivity index (χ3n) is 4.16. The second kappa shape index (κ2) is 7.86. The third-order valence-corrected chi connectivity index (χ3v) is 4.16. The van der Waals surface area contributed by atoms with Crippen molar-refractivity contribution in [1.82, 2.24) is 5.32 Å². The molecule has 4 N–H and O–H groups in total. The summed E-state index contributed by atoms with van der Waals surface area (Å²) in [7, 11) is 0. The Morgan fingerprint density at radius 1 is 1.26 bits per heavy atom. The molecule has 27 heavy (non-hydrogen) atoms. The maximum absolute atomic E-state index is 13.3. The predicted molar refractivity (Wildman–Crippen MR) is 98.6 cm³/mol. The Kier molecular flexibility index (Phi) is 5.35. The van der Waals surface area contributed by atoms with Gasteiger partial charge in [0, 0.05) is 17.7 Å². The van der Waals surface area contributed by atoms with Gasteiger partial charge in [-0.25, -0.2) is 9.18 Å². The van der Waals surface area contributed by atoms with Crippen molar-refractivity contribution in [1.29, 1.82) is 0 Å². The van der Waals surface area contributed by atoms with Crippen LogP contribution in [0.4, 0.5) is 14.9 Å². The highest BCUT2D eigenvalue weighted by atomic mass is 19.1. The first-order valence-corrected chi connectivity index (χ1v) is 8.38. The predicted octanol–water partition coefficient (Wildman–Crippen LogP) is 2.69. The first-order chi connectivity index (χ1) is 12.9. The van der Waals surface area contributed by atoms with Gasteiger partial charge in [0.25, 0.3) is 5.91 Å². The number of halogens is 1. The molecule has 140 valence electrons. The number of anilines is 1. The molecule has 0 saturated carbocycles. The monoisotopic (exact) mass is 370 g/mol. The Morgan fingerprint density at radius 2 is 2.00 bits per heavy atom. The Hall–Kier alpha value is -3.42. The van der Waals surface area contributed by atoms with Crippen molar-refractivity contribution < 1.29 is 18.8 Å². The lowest BCUT2D eigenvalue weighted by Gasteiger charge is -2.17. The van der Waals surface area contributed by atoms with Crippen LogP contribution in [-0.4, -0.2) is 23.8 Å².